The number of nitrogens with zero attached hydrogens (tertiary/aromatic N) is 2. The second-order valence-corrected chi connectivity index (χ2v) is 6.86. The van der Waals surface area contributed by atoms with Crippen LogP contribution in [0.2, 0.25) is 0 Å². The van der Waals surface area contributed by atoms with E-state index >= 15 is 0 Å². The zero-order valence-corrected chi connectivity index (χ0v) is 15.8. The standard InChI is InChI=1S/C19H22F3N3O3/c1-12(2)7-8-25(11-17(26)23-16-9-13(3)28-24-16)18(27)14-5-4-6-15(10-14)19(20,21)22/h4-6,9-10,12H,7-8,11H2,1-3H3,(H,23,24,26). The molecule has 9 heteroatoms. The van der Waals surface area contributed by atoms with Gasteiger partial charge >= 0.3 is 6.18 Å². The molecule has 0 spiro atoms. The Labute approximate surface area is 160 Å². The molecule has 0 saturated carbocycles. The monoisotopic (exact) mass is 397 g/mol. The third-order valence-electron chi connectivity index (χ3n) is 3.93. The van der Waals surface area contributed by atoms with Crippen LogP contribution in [0.3, 0.4) is 0 Å². The Hall–Kier alpha value is -2.84. The lowest BCUT2D eigenvalue weighted by molar-refractivity contribution is -0.137. The van der Waals surface area contributed by atoms with Crippen molar-refractivity contribution in [2.45, 2.75) is 33.4 Å². The van der Waals surface area contributed by atoms with Crippen molar-refractivity contribution in [3.63, 3.8) is 0 Å². The van der Waals surface area contributed by atoms with E-state index in [1.165, 1.54) is 23.1 Å². The minimum Gasteiger partial charge on any atom is -0.360 e. The number of hydrogen-bond donors (Lipinski definition) is 1. The fourth-order valence-electron chi connectivity index (χ4n) is 2.46. The Morgan fingerprint density at radius 1 is 1.25 bits per heavy atom. The zero-order chi connectivity index (χ0) is 20.9. The minimum atomic E-state index is -4.55. The summed E-state index contributed by atoms with van der Waals surface area (Å²) in [5.74, 6) is -0.196. The molecular formula is C19H22F3N3O3. The molecule has 0 fully saturated rings. The van der Waals surface area contributed by atoms with Gasteiger partial charge in [-0.05, 0) is 37.5 Å². The van der Waals surface area contributed by atoms with Crippen LogP contribution in [0.1, 0.15) is 41.9 Å². The van der Waals surface area contributed by atoms with Gasteiger partial charge in [0.2, 0.25) is 5.91 Å². The van der Waals surface area contributed by atoms with E-state index < -0.39 is 23.6 Å². The molecule has 0 saturated heterocycles. The summed E-state index contributed by atoms with van der Waals surface area (Å²) in [6.45, 7) is 5.48. The largest absolute Gasteiger partial charge is 0.416 e. The van der Waals surface area contributed by atoms with Crippen LogP contribution in [0.4, 0.5) is 19.0 Å². The van der Waals surface area contributed by atoms with E-state index in [4.69, 9.17) is 4.52 Å². The summed E-state index contributed by atoms with van der Waals surface area (Å²) in [7, 11) is 0. The first kappa shape index (κ1) is 21.5. The smallest absolute Gasteiger partial charge is 0.360 e. The zero-order valence-electron chi connectivity index (χ0n) is 15.8. The van der Waals surface area contributed by atoms with Gasteiger partial charge in [0.05, 0.1) is 5.56 Å². The number of carbonyl (C=O) groups excluding carboxylic acids is 2. The van der Waals surface area contributed by atoms with Crippen molar-refractivity contribution in [1.29, 1.82) is 0 Å². The van der Waals surface area contributed by atoms with E-state index in [1.54, 1.807) is 6.92 Å². The van der Waals surface area contributed by atoms with Crippen LogP contribution < -0.4 is 5.32 Å². The molecular weight excluding hydrogens is 375 g/mol. The molecule has 2 rings (SSSR count). The highest BCUT2D eigenvalue weighted by molar-refractivity contribution is 5.99. The molecule has 28 heavy (non-hydrogen) atoms. The molecule has 1 N–H and O–H groups in total. The number of halogens is 3. The Morgan fingerprint density at radius 2 is 1.96 bits per heavy atom. The topological polar surface area (TPSA) is 75.4 Å². The van der Waals surface area contributed by atoms with Gasteiger partial charge in [0, 0.05) is 18.2 Å². The maximum Gasteiger partial charge on any atom is 0.416 e. The van der Waals surface area contributed by atoms with E-state index in [1.807, 2.05) is 13.8 Å². The summed E-state index contributed by atoms with van der Waals surface area (Å²) in [6.07, 6.45) is -3.96. The van der Waals surface area contributed by atoms with Crippen molar-refractivity contribution in [1.82, 2.24) is 10.1 Å². The molecule has 1 aromatic heterocycles. The Balaban J connectivity index is 2.17. The van der Waals surface area contributed by atoms with Gasteiger partial charge < -0.3 is 14.7 Å². The summed E-state index contributed by atoms with van der Waals surface area (Å²) in [5, 5.41) is 6.15. The van der Waals surface area contributed by atoms with Gasteiger partial charge in [0.25, 0.3) is 5.91 Å². The summed E-state index contributed by atoms with van der Waals surface area (Å²) >= 11 is 0. The summed E-state index contributed by atoms with van der Waals surface area (Å²) in [6, 6.07) is 5.69. The van der Waals surface area contributed by atoms with Gasteiger partial charge in [-0.3, -0.25) is 9.59 Å². The van der Waals surface area contributed by atoms with E-state index in [2.05, 4.69) is 10.5 Å². The first-order valence-corrected chi connectivity index (χ1v) is 8.76. The average molecular weight is 397 g/mol. The second-order valence-electron chi connectivity index (χ2n) is 6.86. The van der Waals surface area contributed by atoms with Crippen LogP contribution in [0, 0.1) is 12.8 Å². The molecule has 2 aromatic rings. The van der Waals surface area contributed by atoms with Crippen molar-refractivity contribution in [2.24, 2.45) is 5.92 Å². The number of rotatable bonds is 7. The fraction of sp³-hybridized carbons (Fsp3) is 0.421. The number of aromatic nitrogens is 1. The molecule has 152 valence electrons. The number of carbonyl (C=O) groups is 2. The van der Waals surface area contributed by atoms with Gasteiger partial charge in [-0.15, -0.1) is 0 Å². The van der Waals surface area contributed by atoms with E-state index in [-0.39, 0.29) is 30.4 Å². The normalized spacial score (nSPS) is 11.5. The molecule has 0 bridgehead atoms. The first-order chi connectivity index (χ1) is 13.1. The quantitative estimate of drug-likeness (QED) is 0.762. The molecule has 0 atom stereocenters. The van der Waals surface area contributed by atoms with Gasteiger partial charge in [-0.1, -0.05) is 25.1 Å². The predicted octanol–water partition coefficient (Wildman–Crippen LogP) is 4.13. The van der Waals surface area contributed by atoms with Crippen molar-refractivity contribution in [3.8, 4) is 0 Å². The maximum absolute atomic E-state index is 12.9. The molecule has 0 aliphatic heterocycles. The average Bonchev–Trinajstić information content (AvgIpc) is 3.01. The number of aryl methyl sites for hydroxylation is 1. The van der Waals surface area contributed by atoms with Gasteiger partial charge in [0.1, 0.15) is 12.3 Å². The summed E-state index contributed by atoms with van der Waals surface area (Å²) < 4.78 is 43.7. The van der Waals surface area contributed by atoms with Crippen molar-refractivity contribution in [2.75, 3.05) is 18.4 Å². The summed E-state index contributed by atoms with van der Waals surface area (Å²) in [5.41, 5.74) is -1.03. The van der Waals surface area contributed by atoms with Gasteiger partial charge in [0.15, 0.2) is 5.82 Å². The Morgan fingerprint density at radius 3 is 2.54 bits per heavy atom. The second kappa shape index (κ2) is 8.90. The summed E-state index contributed by atoms with van der Waals surface area (Å²) in [4.78, 5) is 26.3. The molecule has 6 nitrogen and oxygen atoms in total. The number of anilines is 1. The highest BCUT2D eigenvalue weighted by Gasteiger charge is 2.31. The fourth-order valence-corrected chi connectivity index (χ4v) is 2.46. The SMILES string of the molecule is Cc1cc(NC(=O)CN(CCC(C)C)C(=O)c2cccc(C(F)(F)F)c2)no1. The molecule has 0 radical (unpaired) electrons. The van der Waals surface area contributed by atoms with Crippen molar-refractivity contribution >= 4 is 17.6 Å². The third-order valence-corrected chi connectivity index (χ3v) is 3.93. The van der Waals surface area contributed by atoms with Crippen LogP contribution in [-0.4, -0.2) is 35.0 Å². The van der Waals surface area contributed by atoms with Crippen LogP contribution in [0.15, 0.2) is 34.9 Å². The molecule has 1 aromatic carbocycles. The van der Waals surface area contributed by atoms with Crippen LogP contribution in [0.25, 0.3) is 0 Å². The highest BCUT2D eigenvalue weighted by Crippen LogP contribution is 2.29. The third kappa shape index (κ3) is 6.11. The lowest BCUT2D eigenvalue weighted by Gasteiger charge is -2.23. The van der Waals surface area contributed by atoms with E-state index in [0.717, 1.165) is 12.1 Å². The van der Waals surface area contributed by atoms with Gasteiger partial charge in [-0.2, -0.15) is 13.2 Å². The van der Waals surface area contributed by atoms with Crippen LogP contribution in [-0.2, 0) is 11.0 Å². The number of amides is 2. The van der Waals surface area contributed by atoms with Crippen molar-refractivity contribution < 1.29 is 27.3 Å². The van der Waals surface area contributed by atoms with E-state index in [0.29, 0.717) is 12.2 Å². The van der Waals surface area contributed by atoms with E-state index in [9.17, 15) is 22.8 Å². The highest BCUT2D eigenvalue weighted by atomic mass is 19.4. The lowest BCUT2D eigenvalue weighted by atomic mass is 10.1. The van der Waals surface area contributed by atoms with Crippen molar-refractivity contribution in [3.05, 3.63) is 47.2 Å². The molecule has 1 heterocycles. The number of alkyl halides is 3. The van der Waals surface area contributed by atoms with Gasteiger partial charge in [-0.25, -0.2) is 0 Å². The molecule has 2 amide bonds. The van der Waals surface area contributed by atoms with Crippen LogP contribution in [0.5, 0.6) is 0 Å². The predicted molar refractivity (Wildman–Crippen MR) is 96.7 cm³/mol. The Kier molecular flexibility index (Phi) is 6.82. The minimum absolute atomic E-state index is 0.122. The number of nitrogens with one attached hydrogen (secondary N) is 1. The molecule has 0 aliphatic rings. The lowest BCUT2D eigenvalue weighted by Crippen LogP contribution is -2.39. The number of hydrogen-bond acceptors (Lipinski definition) is 4. The first-order valence-electron chi connectivity index (χ1n) is 8.76. The van der Waals surface area contributed by atoms with Crippen LogP contribution >= 0.6 is 0 Å². The Bertz CT molecular complexity index is 831. The number of benzene rings is 1. The molecule has 0 unspecified atom stereocenters. The maximum atomic E-state index is 12.9. The molecule has 0 aliphatic carbocycles.